The molecule has 3 aromatic rings. The van der Waals surface area contributed by atoms with Gasteiger partial charge in [0.05, 0.1) is 12.1 Å². The van der Waals surface area contributed by atoms with Crippen LogP contribution in [0.2, 0.25) is 0 Å². The smallest absolute Gasteiger partial charge is 0.481 e. The average Bonchev–Trinajstić information content (AvgIpc) is 2.91. The number of hydrogen-bond donors (Lipinski definition) is 2. The van der Waals surface area contributed by atoms with Crippen molar-refractivity contribution in [2.24, 2.45) is 0 Å². The molecule has 0 saturated carbocycles. The van der Waals surface area contributed by atoms with Crippen molar-refractivity contribution in [3.63, 3.8) is 0 Å². The molecular weight excluding hydrogens is 367 g/mol. The normalized spacial score (nSPS) is 11.7. The minimum atomic E-state index is -4.81. The van der Waals surface area contributed by atoms with E-state index in [2.05, 4.69) is 9.72 Å². The van der Waals surface area contributed by atoms with Crippen LogP contribution in [0.3, 0.4) is 0 Å². The molecule has 26 heavy (non-hydrogen) atoms. The van der Waals surface area contributed by atoms with Crippen LogP contribution >= 0.6 is 11.8 Å². The fourth-order valence-electron chi connectivity index (χ4n) is 2.76. The molecule has 0 bridgehead atoms. The third-order valence-electron chi connectivity index (χ3n) is 3.82. The molecule has 0 fully saturated rings. The summed E-state index contributed by atoms with van der Waals surface area (Å²) in [6.07, 6.45) is -3.20. The van der Waals surface area contributed by atoms with Crippen LogP contribution in [0, 0.1) is 0 Å². The predicted molar refractivity (Wildman–Crippen MR) is 93.5 cm³/mol. The van der Waals surface area contributed by atoms with Crippen molar-refractivity contribution in [3.05, 3.63) is 48.0 Å². The van der Waals surface area contributed by atoms with Crippen LogP contribution in [0.5, 0.6) is 5.75 Å². The van der Waals surface area contributed by atoms with Gasteiger partial charge in [-0.2, -0.15) is 0 Å². The average molecular weight is 381 g/mol. The van der Waals surface area contributed by atoms with E-state index < -0.39 is 12.3 Å². The SMILES string of the molecule is CSc1ccc(-c2[nH]c3ccc(OC(F)(F)F)cc3c2CC(=O)O)cc1. The van der Waals surface area contributed by atoms with Gasteiger partial charge < -0.3 is 14.8 Å². The van der Waals surface area contributed by atoms with Gasteiger partial charge in [-0.05, 0) is 47.7 Å². The molecule has 0 amide bonds. The summed E-state index contributed by atoms with van der Waals surface area (Å²) in [6, 6.07) is 11.3. The number of nitrogens with one attached hydrogen (secondary N) is 1. The molecule has 1 aromatic heterocycles. The molecule has 136 valence electrons. The summed E-state index contributed by atoms with van der Waals surface area (Å²) in [7, 11) is 0. The summed E-state index contributed by atoms with van der Waals surface area (Å²) < 4.78 is 41.4. The Morgan fingerprint density at radius 1 is 1.19 bits per heavy atom. The lowest BCUT2D eigenvalue weighted by atomic mass is 10.0. The highest BCUT2D eigenvalue weighted by Gasteiger charge is 2.31. The number of aromatic nitrogens is 1. The highest BCUT2D eigenvalue weighted by molar-refractivity contribution is 7.98. The Hall–Kier alpha value is -2.61. The second-order valence-electron chi connectivity index (χ2n) is 5.53. The molecule has 2 N–H and O–H groups in total. The zero-order chi connectivity index (χ0) is 18.9. The second-order valence-corrected chi connectivity index (χ2v) is 6.41. The third kappa shape index (κ3) is 3.96. The predicted octanol–water partition coefficient (Wildman–Crippen LogP) is 5.08. The van der Waals surface area contributed by atoms with Crippen LogP contribution in [-0.4, -0.2) is 28.7 Å². The van der Waals surface area contributed by atoms with E-state index in [0.29, 0.717) is 22.2 Å². The van der Waals surface area contributed by atoms with E-state index in [9.17, 15) is 23.1 Å². The van der Waals surface area contributed by atoms with Crippen LogP contribution in [0.1, 0.15) is 5.56 Å². The maximum absolute atomic E-state index is 12.5. The molecule has 0 unspecified atom stereocenters. The van der Waals surface area contributed by atoms with Crippen LogP contribution in [-0.2, 0) is 11.2 Å². The van der Waals surface area contributed by atoms with Crippen molar-refractivity contribution >= 4 is 28.6 Å². The lowest BCUT2D eigenvalue weighted by Crippen LogP contribution is -2.17. The van der Waals surface area contributed by atoms with Crippen molar-refractivity contribution in [2.75, 3.05) is 6.26 Å². The number of hydrogen-bond acceptors (Lipinski definition) is 3. The van der Waals surface area contributed by atoms with E-state index in [1.54, 1.807) is 11.8 Å². The molecule has 0 aliphatic rings. The maximum Gasteiger partial charge on any atom is 0.573 e. The van der Waals surface area contributed by atoms with Crippen LogP contribution in [0.25, 0.3) is 22.2 Å². The molecule has 3 rings (SSSR count). The first kappa shape index (κ1) is 18.2. The Bertz CT molecular complexity index is 949. The summed E-state index contributed by atoms with van der Waals surface area (Å²) in [5.41, 5.74) is 2.28. The van der Waals surface area contributed by atoms with Gasteiger partial charge in [0.1, 0.15) is 5.75 Å². The molecule has 0 aliphatic carbocycles. The number of aromatic amines is 1. The van der Waals surface area contributed by atoms with Gasteiger partial charge in [0, 0.05) is 15.8 Å². The first-order valence-corrected chi connectivity index (χ1v) is 8.76. The van der Waals surface area contributed by atoms with Crippen LogP contribution in [0.4, 0.5) is 13.2 Å². The fourth-order valence-corrected chi connectivity index (χ4v) is 3.17. The zero-order valence-electron chi connectivity index (χ0n) is 13.6. The van der Waals surface area contributed by atoms with Gasteiger partial charge in [-0.3, -0.25) is 4.79 Å². The van der Waals surface area contributed by atoms with Gasteiger partial charge >= 0.3 is 12.3 Å². The monoisotopic (exact) mass is 381 g/mol. The topological polar surface area (TPSA) is 62.3 Å². The maximum atomic E-state index is 12.5. The van der Waals surface area contributed by atoms with E-state index in [4.69, 9.17) is 0 Å². The molecule has 0 radical (unpaired) electrons. The molecule has 0 spiro atoms. The molecule has 1 heterocycles. The van der Waals surface area contributed by atoms with Gasteiger partial charge in [0.15, 0.2) is 0 Å². The summed E-state index contributed by atoms with van der Waals surface area (Å²) in [6.45, 7) is 0. The number of carboxylic acid groups (broad SMARTS) is 1. The Labute approximate surface area is 151 Å². The number of H-pyrrole nitrogens is 1. The van der Waals surface area contributed by atoms with Crippen molar-refractivity contribution in [1.29, 1.82) is 0 Å². The zero-order valence-corrected chi connectivity index (χ0v) is 14.4. The number of carbonyl (C=O) groups is 1. The van der Waals surface area contributed by atoms with E-state index in [0.717, 1.165) is 10.5 Å². The van der Waals surface area contributed by atoms with Crippen LogP contribution in [0.15, 0.2) is 47.4 Å². The first-order valence-electron chi connectivity index (χ1n) is 7.53. The summed E-state index contributed by atoms with van der Waals surface area (Å²) in [4.78, 5) is 15.4. The Morgan fingerprint density at radius 2 is 1.88 bits per heavy atom. The van der Waals surface area contributed by atoms with E-state index in [1.165, 1.54) is 18.2 Å². The minimum Gasteiger partial charge on any atom is -0.481 e. The largest absolute Gasteiger partial charge is 0.573 e. The summed E-state index contributed by atoms with van der Waals surface area (Å²) >= 11 is 1.57. The molecule has 0 aliphatic heterocycles. The van der Waals surface area contributed by atoms with Gasteiger partial charge in [0.25, 0.3) is 0 Å². The fraction of sp³-hybridized carbons (Fsp3) is 0.167. The van der Waals surface area contributed by atoms with Gasteiger partial charge in [-0.1, -0.05) is 12.1 Å². The second kappa shape index (κ2) is 6.95. The van der Waals surface area contributed by atoms with Gasteiger partial charge in [-0.15, -0.1) is 24.9 Å². The molecule has 4 nitrogen and oxygen atoms in total. The first-order chi connectivity index (χ1) is 12.3. The van der Waals surface area contributed by atoms with E-state index in [-0.39, 0.29) is 12.2 Å². The number of ether oxygens (including phenoxy) is 1. The standard InChI is InChI=1S/C18H14F3NO3S/c1-26-12-5-2-10(3-6-12)17-14(9-16(23)24)13-8-11(25-18(19,20)21)4-7-15(13)22-17/h2-8,22H,9H2,1H3,(H,23,24). The number of carboxylic acids is 1. The number of aliphatic carboxylic acids is 1. The van der Waals surface area contributed by atoms with Crippen molar-refractivity contribution in [1.82, 2.24) is 4.98 Å². The Morgan fingerprint density at radius 3 is 2.46 bits per heavy atom. The lowest BCUT2D eigenvalue weighted by Gasteiger charge is -2.09. The van der Waals surface area contributed by atoms with Crippen molar-refractivity contribution in [3.8, 4) is 17.0 Å². The van der Waals surface area contributed by atoms with Crippen LogP contribution < -0.4 is 4.74 Å². The lowest BCUT2D eigenvalue weighted by molar-refractivity contribution is -0.274. The number of thioether (sulfide) groups is 1. The number of rotatable bonds is 5. The van der Waals surface area contributed by atoms with Gasteiger partial charge in [-0.25, -0.2) is 0 Å². The number of alkyl halides is 3. The van der Waals surface area contributed by atoms with E-state index >= 15 is 0 Å². The van der Waals surface area contributed by atoms with E-state index in [1.807, 2.05) is 30.5 Å². The number of halogens is 3. The molecule has 8 heteroatoms. The molecule has 2 aromatic carbocycles. The van der Waals surface area contributed by atoms with Crippen molar-refractivity contribution < 1.29 is 27.8 Å². The van der Waals surface area contributed by atoms with Gasteiger partial charge in [0.2, 0.25) is 0 Å². The highest BCUT2D eigenvalue weighted by atomic mass is 32.2. The Kier molecular flexibility index (Phi) is 4.86. The highest BCUT2D eigenvalue weighted by Crippen LogP contribution is 2.35. The Balaban J connectivity index is 2.13. The van der Waals surface area contributed by atoms with Crippen molar-refractivity contribution in [2.45, 2.75) is 17.7 Å². The quantitative estimate of drug-likeness (QED) is 0.605. The molecular formula is C18H14F3NO3S. The summed E-state index contributed by atoms with van der Waals surface area (Å²) in [5, 5.41) is 9.61. The number of fused-ring (bicyclic) bond motifs is 1. The molecule has 0 atom stereocenters. The number of benzene rings is 2. The minimum absolute atomic E-state index is 0.324. The third-order valence-corrected chi connectivity index (χ3v) is 4.56. The molecule has 0 saturated heterocycles. The summed E-state index contributed by atoms with van der Waals surface area (Å²) in [5.74, 6) is -1.46.